The Kier molecular flexibility index (Phi) is 7.73. The average Bonchev–Trinajstić information content (AvgIpc) is 3.45. The van der Waals surface area contributed by atoms with Gasteiger partial charge in [0.25, 0.3) is 5.91 Å². The number of likely N-dealkylation sites (N-methyl/N-ethyl adjacent to an activating group) is 1. The van der Waals surface area contributed by atoms with E-state index in [2.05, 4.69) is 25.9 Å². The fourth-order valence-corrected chi connectivity index (χ4v) is 5.00. The molecule has 1 saturated heterocycles. The molecule has 204 valence electrons. The van der Waals surface area contributed by atoms with Gasteiger partial charge in [-0.15, -0.1) is 5.10 Å². The number of methoxy groups -OCH3 is 1. The van der Waals surface area contributed by atoms with Gasteiger partial charge >= 0.3 is 5.97 Å². The second kappa shape index (κ2) is 11.5. The van der Waals surface area contributed by atoms with E-state index in [4.69, 9.17) is 9.47 Å². The van der Waals surface area contributed by atoms with Crippen LogP contribution in [0.3, 0.4) is 0 Å². The number of nitrogens with zero attached hydrogens (tertiary/aromatic N) is 5. The van der Waals surface area contributed by atoms with Gasteiger partial charge in [0.15, 0.2) is 11.9 Å². The van der Waals surface area contributed by atoms with E-state index < -0.39 is 17.9 Å². The van der Waals surface area contributed by atoms with E-state index in [1.54, 1.807) is 30.2 Å². The molecule has 0 spiro atoms. The van der Waals surface area contributed by atoms with Gasteiger partial charge in [0, 0.05) is 38.6 Å². The third kappa shape index (κ3) is 5.55. The zero-order valence-electron chi connectivity index (χ0n) is 21.8. The summed E-state index contributed by atoms with van der Waals surface area (Å²) in [7, 11) is 3.07. The van der Waals surface area contributed by atoms with Crippen molar-refractivity contribution in [3.8, 4) is 0 Å². The van der Waals surface area contributed by atoms with E-state index in [0.717, 1.165) is 29.2 Å². The molecule has 0 saturated carbocycles. The molecule has 0 radical (unpaired) electrons. The normalized spacial score (nSPS) is 18.2. The van der Waals surface area contributed by atoms with Crippen LogP contribution in [0, 0.1) is 5.92 Å². The number of ether oxygens (including phenoxy) is 2. The van der Waals surface area contributed by atoms with Gasteiger partial charge in [0.2, 0.25) is 5.88 Å². The Bertz CT molecular complexity index is 1410. The van der Waals surface area contributed by atoms with Gasteiger partial charge in [-0.05, 0) is 41.2 Å². The monoisotopic (exact) mass is 533 g/mol. The number of hydrogen-bond acceptors (Lipinski definition) is 9. The standard InChI is InChI=1S/C27H31N7O5/c1-33-22(27(36)37)23(30-24(26(33)38-2)28-15-17-9-13-39-14-10-17)31-25(35)21-8-7-18(16-34-12-11-29-32-34)19-5-3-4-6-20(19)21/h3-8,11-12,17,22,28H,9-10,13-16H2,1-2H3,(H,36,37)(H,30,31,35). The molecular weight excluding hydrogens is 502 g/mol. The van der Waals surface area contributed by atoms with Crippen molar-refractivity contribution in [2.45, 2.75) is 25.4 Å². The molecule has 5 rings (SSSR count). The van der Waals surface area contributed by atoms with Gasteiger partial charge in [-0.2, -0.15) is 0 Å². The largest absolute Gasteiger partial charge is 0.480 e. The lowest BCUT2D eigenvalue weighted by molar-refractivity contribution is -0.140. The van der Waals surface area contributed by atoms with Gasteiger partial charge < -0.3 is 30.1 Å². The summed E-state index contributed by atoms with van der Waals surface area (Å²) in [6.07, 6.45) is 5.22. The van der Waals surface area contributed by atoms with Crippen LogP contribution in [0.2, 0.25) is 0 Å². The van der Waals surface area contributed by atoms with Gasteiger partial charge in [-0.1, -0.05) is 35.5 Å². The van der Waals surface area contributed by atoms with Crippen molar-refractivity contribution in [1.82, 2.24) is 30.5 Å². The molecule has 1 fully saturated rings. The first-order valence-electron chi connectivity index (χ1n) is 12.8. The molecule has 3 N–H and O–H groups in total. The smallest absolute Gasteiger partial charge is 0.334 e. The Balaban J connectivity index is 1.44. The lowest BCUT2D eigenvalue weighted by Gasteiger charge is -2.34. The zero-order chi connectivity index (χ0) is 27.4. The lowest BCUT2D eigenvalue weighted by atomic mass is 9.98. The summed E-state index contributed by atoms with van der Waals surface area (Å²) in [5.41, 5.74) is 1.37. The fraction of sp³-hybridized carbons (Fsp3) is 0.370. The fourth-order valence-electron chi connectivity index (χ4n) is 5.00. The number of amidine groups is 1. The van der Waals surface area contributed by atoms with Crippen molar-refractivity contribution in [2.24, 2.45) is 10.9 Å². The maximum atomic E-state index is 13.6. The van der Waals surface area contributed by atoms with Crippen molar-refractivity contribution in [2.75, 3.05) is 33.9 Å². The number of aliphatic carboxylic acids is 1. The van der Waals surface area contributed by atoms with Gasteiger partial charge in [0.1, 0.15) is 5.84 Å². The number of fused-ring (bicyclic) bond motifs is 1. The Hall–Kier alpha value is -4.45. The highest BCUT2D eigenvalue weighted by Gasteiger charge is 2.37. The number of benzene rings is 2. The highest BCUT2D eigenvalue weighted by Crippen LogP contribution is 2.25. The van der Waals surface area contributed by atoms with Crippen LogP contribution < -0.4 is 10.6 Å². The molecule has 0 bridgehead atoms. The van der Waals surface area contributed by atoms with Crippen LogP contribution in [-0.2, 0) is 20.8 Å². The number of carboxylic acid groups (broad SMARTS) is 1. The van der Waals surface area contributed by atoms with Gasteiger partial charge in [-0.25, -0.2) is 14.5 Å². The highest BCUT2D eigenvalue weighted by molar-refractivity contribution is 6.18. The number of carboxylic acids is 1. The maximum absolute atomic E-state index is 13.6. The number of rotatable bonds is 8. The summed E-state index contributed by atoms with van der Waals surface area (Å²) < 4.78 is 12.7. The Morgan fingerprint density at radius 1 is 1.15 bits per heavy atom. The number of hydrogen-bond donors (Lipinski definition) is 3. The minimum Gasteiger partial charge on any atom is -0.480 e. The molecule has 1 unspecified atom stereocenters. The molecule has 0 aliphatic carbocycles. The summed E-state index contributed by atoms with van der Waals surface area (Å²) in [6, 6.07) is 9.92. The molecule has 3 heterocycles. The average molecular weight is 534 g/mol. The quantitative estimate of drug-likeness (QED) is 0.395. The molecule has 12 heteroatoms. The number of aliphatic imine (C=N–C) groups is 1. The molecule has 2 aliphatic rings. The van der Waals surface area contributed by atoms with Crippen LogP contribution >= 0.6 is 0 Å². The first-order valence-corrected chi connectivity index (χ1v) is 12.8. The van der Waals surface area contributed by atoms with Crippen molar-refractivity contribution in [1.29, 1.82) is 0 Å². The highest BCUT2D eigenvalue weighted by atomic mass is 16.5. The van der Waals surface area contributed by atoms with E-state index in [0.29, 0.717) is 43.6 Å². The number of aromatic nitrogens is 3. The van der Waals surface area contributed by atoms with Crippen LogP contribution in [0.25, 0.3) is 10.8 Å². The summed E-state index contributed by atoms with van der Waals surface area (Å²) in [4.78, 5) is 31.9. The molecule has 12 nitrogen and oxygen atoms in total. The van der Waals surface area contributed by atoms with Crippen LogP contribution in [0.15, 0.2) is 65.5 Å². The van der Waals surface area contributed by atoms with E-state index >= 15 is 0 Å². The first-order chi connectivity index (χ1) is 19.0. The molecule has 3 aromatic rings. The van der Waals surface area contributed by atoms with E-state index in [1.807, 2.05) is 30.3 Å². The second-order valence-corrected chi connectivity index (χ2v) is 9.52. The first kappa shape index (κ1) is 26.2. The van der Waals surface area contributed by atoms with Crippen molar-refractivity contribution >= 4 is 28.5 Å². The topological polar surface area (TPSA) is 143 Å². The van der Waals surface area contributed by atoms with Crippen LogP contribution in [0.4, 0.5) is 0 Å². The lowest BCUT2D eigenvalue weighted by Crippen LogP contribution is -2.54. The Labute approximate surface area is 225 Å². The van der Waals surface area contributed by atoms with Gasteiger partial charge in [0.05, 0.1) is 19.9 Å². The number of carbonyl (C=O) groups excluding carboxylic acids is 1. The second-order valence-electron chi connectivity index (χ2n) is 9.52. The summed E-state index contributed by atoms with van der Waals surface area (Å²) in [6.45, 7) is 2.53. The van der Waals surface area contributed by atoms with Crippen molar-refractivity contribution < 1.29 is 24.2 Å². The van der Waals surface area contributed by atoms with E-state index in [9.17, 15) is 14.7 Å². The summed E-state index contributed by atoms with van der Waals surface area (Å²) in [5, 5.41) is 25.6. The molecule has 1 atom stereocenters. The molecular formula is C27H31N7O5. The van der Waals surface area contributed by atoms with Gasteiger partial charge in [-0.3, -0.25) is 4.79 Å². The predicted molar refractivity (Wildman–Crippen MR) is 143 cm³/mol. The zero-order valence-corrected chi connectivity index (χ0v) is 21.8. The number of nitrogens with one attached hydrogen (secondary N) is 2. The minimum absolute atomic E-state index is 0.000973. The summed E-state index contributed by atoms with van der Waals surface area (Å²) >= 11 is 0. The molecule has 1 amide bonds. The Morgan fingerprint density at radius 2 is 1.92 bits per heavy atom. The van der Waals surface area contributed by atoms with E-state index in [-0.39, 0.29) is 11.7 Å². The van der Waals surface area contributed by atoms with Crippen LogP contribution in [-0.4, -0.2) is 82.7 Å². The third-order valence-corrected chi connectivity index (χ3v) is 7.03. The van der Waals surface area contributed by atoms with Crippen molar-refractivity contribution in [3.63, 3.8) is 0 Å². The van der Waals surface area contributed by atoms with Crippen LogP contribution in [0.5, 0.6) is 0 Å². The number of amides is 1. The minimum atomic E-state index is -1.24. The van der Waals surface area contributed by atoms with E-state index in [1.165, 1.54) is 12.0 Å². The molecule has 2 aliphatic heterocycles. The molecule has 1 aromatic heterocycles. The SMILES string of the molecule is COC1=C(NCC2CCOCC2)N=C(NC(=O)c2ccc(Cn3ccnn3)c3ccccc23)C(C(=O)O)N1C. The molecule has 39 heavy (non-hydrogen) atoms. The predicted octanol–water partition coefficient (Wildman–Crippen LogP) is 1.80. The third-order valence-electron chi connectivity index (χ3n) is 7.03. The molecule has 2 aromatic carbocycles. The van der Waals surface area contributed by atoms with Crippen LogP contribution in [0.1, 0.15) is 28.8 Å². The maximum Gasteiger partial charge on any atom is 0.334 e. The Morgan fingerprint density at radius 3 is 2.62 bits per heavy atom. The summed E-state index contributed by atoms with van der Waals surface area (Å²) in [5.74, 6) is -0.574. The number of carbonyl (C=O) groups is 2. The van der Waals surface area contributed by atoms with Crippen molar-refractivity contribution in [3.05, 3.63) is 71.6 Å².